The zero-order valence-electron chi connectivity index (χ0n) is 13.1. The van der Waals surface area contributed by atoms with Gasteiger partial charge in [-0.25, -0.2) is 4.79 Å². The molecule has 0 unspecified atom stereocenters. The third-order valence-electron chi connectivity index (χ3n) is 3.91. The summed E-state index contributed by atoms with van der Waals surface area (Å²) in [5.74, 6) is 0.585. The molecule has 2 heterocycles. The van der Waals surface area contributed by atoms with Crippen LogP contribution in [0.15, 0.2) is 12.1 Å². The van der Waals surface area contributed by atoms with E-state index in [2.05, 4.69) is 27.8 Å². The van der Waals surface area contributed by atoms with Gasteiger partial charge in [-0.15, -0.1) is 0 Å². The predicted molar refractivity (Wildman–Crippen MR) is 82.8 cm³/mol. The van der Waals surface area contributed by atoms with Gasteiger partial charge in [-0.1, -0.05) is 0 Å². The number of carbonyl (C=O) groups is 1. The molecule has 5 nitrogen and oxygen atoms in total. The molecule has 0 aromatic carbocycles. The summed E-state index contributed by atoms with van der Waals surface area (Å²) < 4.78 is 0. The summed E-state index contributed by atoms with van der Waals surface area (Å²) in [5, 5.41) is 14.8. The van der Waals surface area contributed by atoms with Crippen LogP contribution in [-0.4, -0.2) is 34.8 Å². The average molecular weight is 291 g/mol. The minimum atomic E-state index is -0.994. The van der Waals surface area contributed by atoms with Crippen molar-refractivity contribution in [2.45, 2.75) is 51.5 Å². The highest BCUT2D eigenvalue weighted by Crippen LogP contribution is 2.26. The number of rotatable bonds is 4. The van der Waals surface area contributed by atoms with E-state index < -0.39 is 11.6 Å². The van der Waals surface area contributed by atoms with E-state index in [1.165, 1.54) is 5.56 Å². The van der Waals surface area contributed by atoms with Crippen molar-refractivity contribution in [3.63, 3.8) is 0 Å². The van der Waals surface area contributed by atoms with E-state index >= 15 is 0 Å². The van der Waals surface area contributed by atoms with Crippen molar-refractivity contribution in [1.82, 2.24) is 15.6 Å². The smallest absolute Gasteiger partial charge is 0.405 e. The molecule has 3 N–H and O–H groups in total. The zero-order valence-corrected chi connectivity index (χ0v) is 13.1. The van der Waals surface area contributed by atoms with Gasteiger partial charge in [-0.05, 0) is 70.3 Å². The number of amides is 1. The lowest BCUT2D eigenvalue weighted by molar-refractivity contribution is 0.182. The molecule has 1 aliphatic rings. The van der Waals surface area contributed by atoms with Crippen LogP contribution in [0.3, 0.4) is 0 Å². The Morgan fingerprint density at radius 1 is 1.43 bits per heavy atom. The molecule has 21 heavy (non-hydrogen) atoms. The highest BCUT2D eigenvalue weighted by Gasteiger charge is 2.23. The van der Waals surface area contributed by atoms with Crippen molar-refractivity contribution < 1.29 is 9.90 Å². The first-order valence-electron chi connectivity index (χ1n) is 7.55. The molecular formula is C16H25N3O2. The first-order valence-corrected chi connectivity index (χ1v) is 7.55. The van der Waals surface area contributed by atoms with Crippen molar-refractivity contribution in [3.05, 3.63) is 29.1 Å². The molecule has 0 atom stereocenters. The lowest BCUT2D eigenvalue weighted by Gasteiger charge is -2.26. The Morgan fingerprint density at radius 3 is 2.71 bits per heavy atom. The maximum atomic E-state index is 10.8. The molecule has 0 radical (unpaired) electrons. The quantitative estimate of drug-likeness (QED) is 0.796. The van der Waals surface area contributed by atoms with Gasteiger partial charge < -0.3 is 15.7 Å². The lowest BCUT2D eigenvalue weighted by atomic mass is 9.88. The highest BCUT2D eigenvalue weighted by molar-refractivity contribution is 5.65. The van der Waals surface area contributed by atoms with Crippen LogP contribution in [0.25, 0.3) is 0 Å². The summed E-state index contributed by atoms with van der Waals surface area (Å²) in [5.41, 5.74) is 2.79. The van der Waals surface area contributed by atoms with E-state index in [1.54, 1.807) is 0 Å². The van der Waals surface area contributed by atoms with Crippen LogP contribution in [0.5, 0.6) is 0 Å². The molecule has 1 aromatic heterocycles. The molecule has 5 heteroatoms. The summed E-state index contributed by atoms with van der Waals surface area (Å²) in [6.45, 7) is 7.90. The Morgan fingerprint density at radius 2 is 2.10 bits per heavy atom. The molecule has 0 spiro atoms. The number of hydrogen-bond donors (Lipinski definition) is 3. The number of carboxylic acid groups (broad SMARTS) is 1. The maximum absolute atomic E-state index is 10.8. The van der Waals surface area contributed by atoms with E-state index in [9.17, 15) is 4.79 Å². The monoisotopic (exact) mass is 291 g/mol. The summed E-state index contributed by atoms with van der Waals surface area (Å²) in [7, 11) is 0. The normalized spacial score (nSPS) is 16.7. The molecule has 1 amide bonds. The largest absolute Gasteiger partial charge is 0.465 e. The predicted octanol–water partition coefficient (Wildman–Crippen LogP) is 2.45. The third kappa shape index (κ3) is 4.70. The van der Waals surface area contributed by atoms with Gasteiger partial charge in [0.05, 0.1) is 0 Å². The van der Waals surface area contributed by atoms with Crippen LogP contribution < -0.4 is 10.6 Å². The summed E-state index contributed by atoms with van der Waals surface area (Å²) >= 11 is 0. The summed E-state index contributed by atoms with van der Waals surface area (Å²) in [4.78, 5) is 15.4. The van der Waals surface area contributed by atoms with E-state index in [-0.39, 0.29) is 0 Å². The molecule has 116 valence electrons. The molecule has 0 bridgehead atoms. The van der Waals surface area contributed by atoms with Gasteiger partial charge in [0.25, 0.3) is 0 Å². The van der Waals surface area contributed by atoms with E-state index in [4.69, 9.17) is 5.11 Å². The fraction of sp³-hybridized carbons (Fsp3) is 0.625. The minimum Gasteiger partial charge on any atom is -0.465 e. The molecule has 0 aliphatic carbocycles. The Bertz CT molecular complexity index is 508. The van der Waals surface area contributed by atoms with Crippen LogP contribution >= 0.6 is 0 Å². The fourth-order valence-corrected chi connectivity index (χ4v) is 3.03. The molecule has 0 saturated carbocycles. The molecule has 1 aromatic rings. The van der Waals surface area contributed by atoms with Gasteiger partial charge >= 0.3 is 6.09 Å². The topological polar surface area (TPSA) is 74.2 Å². The number of nitrogens with one attached hydrogen (secondary N) is 2. The van der Waals surface area contributed by atoms with E-state index in [0.717, 1.165) is 37.3 Å². The number of aryl methyl sites for hydroxylation is 1. The number of piperidine rings is 1. The van der Waals surface area contributed by atoms with Crippen molar-refractivity contribution >= 4 is 6.09 Å². The van der Waals surface area contributed by atoms with Crippen molar-refractivity contribution in [1.29, 1.82) is 0 Å². The zero-order chi connectivity index (χ0) is 15.5. The van der Waals surface area contributed by atoms with Gasteiger partial charge in [0.2, 0.25) is 0 Å². The second-order valence-corrected chi connectivity index (χ2v) is 6.55. The number of pyridine rings is 1. The van der Waals surface area contributed by atoms with Gasteiger partial charge in [-0.2, -0.15) is 0 Å². The third-order valence-corrected chi connectivity index (χ3v) is 3.91. The van der Waals surface area contributed by atoms with Crippen LogP contribution in [0.1, 0.15) is 49.6 Å². The van der Waals surface area contributed by atoms with Gasteiger partial charge in [0.1, 0.15) is 0 Å². The fourth-order valence-electron chi connectivity index (χ4n) is 3.03. The standard InChI is InChI=1S/C16H25N3O2/c1-11-8-13(12-4-6-17-7-5-12)9-14(18-11)10-16(2,3)19-15(20)21/h8-9,12,17,19H,4-7,10H2,1-3H3,(H,20,21). The molecular weight excluding hydrogens is 266 g/mol. The Hall–Kier alpha value is -1.62. The number of hydrogen-bond acceptors (Lipinski definition) is 3. The Balaban J connectivity index is 2.16. The van der Waals surface area contributed by atoms with Crippen molar-refractivity contribution in [2.24, 2.45) is 0 Å². The molecule has 1 saturated heterocycles. The maximum Gasteiger partial charge on any atom is 0.405 e. The second kappa shape index (κ2) is 6.43. The average Bonchev–Trinajstić information content (AvgIpc) is 2.36. The highest BCUT2D eigenvalue weighted by atomic mass is 16.4. The number of nitrogens with zero attached hydrogens (tertiary/aromatic N) is 1. The van der Waals surface area contributed by atoms with Crippen molar-refractivity contribution in [3.8, 4) is 0 Å². The van der Waals surface area contributed by atoms with Crippen LogP contribution in [0.2, 0.25) is 0 Å². The summed E-state index contributed by atoms with van der Waals surface area (Å²) in [6.07, 6.45) is 1.91. The lowest BCUT2D eigenvalue weighted by Crippen LogP contribution is -2.44. The first kappa shape index (κ1) is 15.8. The van der Waals surface area contributed by atoms with Crippen LogP contribution in [0.4, 0.5) is 4.79 Å². The Labute approximate surface area is 126 Å². The van der Waals surface area contributed by atoms with Gasteiger partial charge in [-0.3, -0.25) is 4.98 Å². The summed E-state index contributed by atoms with van der Waals surface area (Å²) in [6, 6.07) is 4.31. The molecule has 1 fully saturated rings. The van der Waals surface area contributed by atoms with Gasteiger partial charge in [0.15, 0.2) is 0 Å². The molecule has 2 rings (SSSR count). The van der Waals surface area contributed by atoms with Crippen LogP contribution in [0, 0.1) is 6.92 Å². The first-order chi connectivity index (χ1) is 9.85. The van der Waals surface area contributed by atoms with E-state index in [1.807, 2.05) is 20.8 Å². The Kier molecular flexibility index (Phi) is 4.83. The van der Waals surface area contributed by atoms with Crippen LogP contribution in [-0.2, 0) is 6.42 Å². The van der Waals surface area contributed by atoms with Gasteiger partial charge in [0, 0.05) is 23.3 Å². The SMILES string of the molecule is Cc1cc(C2CCNCC2)cc(CC(C)(C)NC(=O)O)n1. The number of aromatic nitrogens is 1. The van der Waals surface area contributed by atoms with Crippen molar-refractivity contribution in [2.75, 3.05) is 13.1 Å². The minimum absolute atomic E-state index is 0.516. The molecule has 1 aliphatic heterocycles. The second-order valence-electron chi connectivity index (χ2n) is 6.55. The van der Waals surface area contributed by atoms with E-state index in [0.29, 0.717) is 12.3 Å².